The average molecular weight is 272 g/mol. The van der Waals surface area contributed by atoms with Gasteiger partial charge in [-0.15, -0.1) is 0 Å². The minimum absolute atomic E-state index is 0.511. The van der Waals surface area contributed by atoms with E-state index < -0.39 is 6.10 Å². The highest BCUT2D eigenvalue weighted by atomic mass is 32.2. The number of hydrogen-bond donors (Lipinski definition) is 2. The van der Waals surface area contributed by atoms with Crippen LogP contribution in [-0.4, -0.2) is 25.0 Å². The Morgan fingerprint density at radius 3 is 2.89 bits per heavy atom. The molecule has 2 aromatic heterocycles. The number of H-pyrrole nitrogens is 1. The normalized spacial score (nSPS) is 12.7. The van der Waals surface area contributed by atoms with Crippen molar-refractivity contribution >= 4 is 22.9 Å². The van der Waals surface area contributed by atoms with Gasteiger partial charge in [0.2, 0.25) is 0 Å². The number of aliphatic hydroxyl groups excluding tert-OH is 1. The quantitative estimate of drug-likeness (QED) is 0.717. The summed E-state index contributed by atoms with van der Waals surface area (Å²) in [6, 6.07) is 7.74. The van der Waals surface area contributed by atoms with Gasteiger partial charge in [0.05, 0.1) is 12.4 Å². The minimum atomic E-state index is -0.511. The number of aromatic nitrogens is 4. The van der Waals surface area contributed by atoms with Crippen molar-refractivity contribution in [1.29, 1.82) is 0 Å². The van der Waals surface area contributed by atoms with Crippen LogP contribution in [0.2, 0.25) is 0 Å². The van der Waals surface area contributed by atoms with Gasteiger partial charge in [0.25, 0.3) is 0 Å². The summed E-state index contributed by atoms with van der Waals surface area (Å²) in [7, 11) is 0. The van der Waals surface area contributed by atoms with E-state index in [9.17, 15) is 5.11 Å². The summed E-state index contributed by atoms with van der Waals surface area (Å²) in [6.45, 7) is 1.76. The van der Waals surface area contributed by atoms with Crippen LogP contribution >= 0.6 is 11.8 Å². The number of aromatic amines is 1. The molecule has 2 heterocycles. The van der Waals surface area contributed by atoms with E-state index in [1.165, 1.54) is 18.1 Å². The van der Waals surface area contributed by atoms with Crippen molar-refractivity contribution < 1.29 is 5.11 Å². The molecule has 0 fully saturated rings. The van der Waals surface area contributed by atoms with Crippen LogP contribution in [0.5, 0.6) is 0 Å². The second-order valence-corrected chi connectivity index (χ2v) is 5.13. The second kappa shape index (κ2) is 4.99. The van der Waals surface area contributed by atoms with Crippen molar-refractivity contribution in [3.63, 3.8) is 0 Å². The van der Waals surface area contributed by atoms with Crippen LogP contribution in [0.1, 0.15) is 18.6 Å². The Morgan fingerprint density at radius 2 is 2.05 bits per heavy atom. The van der Waals surface area contributed by atoms with Crippen molar-refractivity contribution in [1.82, 2.24) is 19.9 Å². The second-order valence-electron chi connectivity index (χ2n) is 4.10. The molecule has 1 atom stereocenters. The largest absolute Gasteiger partial charge is 0.389 e. The van der Waals surface area contributed by atoms with Crippen LogP contribution in [0.3, 0.4) is 0 Å². The summed E-state index contributed by atoms with van der Waals surface area (Å²) in [5.74, 6) is 0. The molecule has 0 bridgehead atoms. The lowest BCUT2D eigenvalue weighted by molar-refractivity contribution is 0.196. The molecule has 0 amide bonds. The zero-order valence-electron chi connectivity index (χ0n) is 10.2. The van der Waals surface area contributed by atoms with Gasteiger partial charge in [-0.1, -0.05) is 30.0 Å². The fourth-order valence-electron chi connectivity index (χ4n) is 1.84. The van der Waals surface area contributed by atoms with Gasteiger partial charge in [-0.2, -0.15) is 0 Å². The van der Waals surface area contributed by atoms with Gasteiger partial charge in [0.15, 0.2) is 5.65 Å². The number of nitrogens with one attached hydrogen (secondary N) is 1. The van der Waals surface area contributed by atoms with Crippen LogP contribution in [0.25, 0.3) is 11.2 Å². The van der Waals surface area contributed by atoms with Gasteiger partial charge >= 0.3 is 0 Å². The van der Waals surface area contributed by atoms with Gasteiger partial charge in [0, 0.05) is 4.90 Å². The average Bonchev–Trinajstić information content (AvgIpc) is 2.88. The van der Waals surface area contributed by atoms with E-state index in [0.717, 1.165) is 21.0 Å². The standard InChI is InChI=1S/C13H12N4OS/c1-8(18)9-4-2-3-5-10(9)19-13-11-12(15-6-14-11)16-7-17-13/h2-8,18H,1H3,(H,14,15,16,17)/t8-/m0/s1. The maximum Gasteiger partial charge on any atom is 0.181 e. The summed E-state index contributed by atoms with van der Waals surface area (Å²) in [4.78, 5) is 16.5. The Hall–Kier alpha value is -1.92. The summed E-state index contributed by atoms with van der Waals surface area (Å²) in [5, 5.41) is 10.6. The first-order chi connectivity index (χ1) is 9.25. The molecule has 5 nitrogen and oxygen atoms in total. The van der Waals surface area contributed by atoms with Crippen LogP contribution in [0.15, 0.2) is 46.8 Å². The maximum absolute atomic E-state index is 9.79. The van der Waals surface area contributed by atoms with Crippen molar-refractivity contribution in [2.75, 3.05) is 0 Å². The third-order valence-corrected chi connectivity index (χ3v) is 3.86. The minimum Gasteiger partial charge on any atom is -0.389 e. The monoisotopic (exact) mass is 272 g/mol. The maximum atomic E-state index is 9.79. The summed E-state index contributed by atoms with van der Waals surface area (Å²) >= 11 is 1.49. The first kappa shape index (κ1) is 12.1. The van der Waals surface area contributed by atoms with E-state index in [2.05, 4.69) is 19.9 Å². The number of rotatable bonds is 3. The van der Waals surface area contributed by atoms with Crippen molar-refractivity contribution in [3.8, 4) is 0 Å². The van der Waals surface area contributed by atoms with E-state index in [1.807, 2.05) is 24.3 Å². The highest BCUT2D eigenvalue weighted by molar-refractivity contribution is 7.99. The smallest absolute Gasteiger partial charge is 0.181 e. The first-order valence-electron chi connectivity index (χ1n) is 5.84. The summed E-state index contributed by atoms with van der Waals surface area (Å²) in [5.41, 5.74) is 2.35. The Kier molecular flexibility index (Phi) is 3.18. The number of aliphatic hydroxyl groups is 1. The highest BCUT2D eigenvalue weighted by Crippen LogP contribution is 2.34. The van der Waals surface area contributed by atoms with Crippen LogP contribution < -0.4 is 0 Å². The van der Waals surface area contributed by atoms with Crippen molar-refractivity contribution in [3.05, 3.63) is 42.5 Å². The lowest BCUT2D eigenvalue weighted by Crippen LogP contribution is -1.94. The molecule has 3 aromatic rings. The van der Waals surface area contributed by atoms with Crippen LogP contribution in [0, 0.1) is 0 Å². The molecule has 19 heavy (non-hydrogen) atoms. The zero-order chi connectivity index (χ0) is 13.2. The number of hydrogen-bond acceptors (Lipinski definition) is 5. The van der Waals surface area contributed by atoms with Gasteiger partial charge < -0.3 is 10.1 Å². The fraction of sp³-hybridized carbons (Fsp3) is 0.154. The number of benzene rings is 1. The Bertz CT molecular complexity index is 710. The molecule has 3 rings (SSSR count). The van der Waals surface area contributed by atoms with E-state index in [-0.39, 0.29) is 0 Å². The first-order valence-corrected chi connectivity index (χ1v) is 6.66. The molecule has 0 saturated heterocycles. The number of fused-ring (bicyclic) bond motifs is 1. The van der Waals surface area contributed by atoms with Crippen LogP contribution in [0.4, 0.5) is 0 Å². The lowest BCUT2D eigenvalue weighted by atomic mass is 10.1. The van der Waals surface area contributed by atoms with Gasteiger partial charge in [-0.25, -0.2) is 15.0 Å². The van der Waals surface area contributed by atoms with Crippen molar-refractivity contribution in [2.24, 2.45) is 0 Å². The number of imidazole rings is 1. The number of nitrogens with zero attached hydrogens (tertiary/aromatic N) is 3. The molecule has 0 spiro atoms. The molecule has 1 aromatic carbocycles. The highest BCUT2D eigenvalue weighted by Gasteiger charge is 2.12. The third-order valence-electron chi connectivity index (χ3n) is 2.76. The molecule has 0 aliphatic carbocycles. The molecule has 0 saturated carbocycles. The molecule has 0 aliphatic heterocycles. The SMILES string of the molecule is C[C@H](O)c1ccccc1Sc1ncnc2nc[nH]c12. The summed E-state index contributed by atoms with van der Waals surface area (Å²) < 4.78 is 0. The molecule has 2 N–H and O–H groups in total. The van der Waals surface area contributed by atoms with Gasteiger partial charge in [0.1, 0.15) is 16.9 Å². The fourth-order valence-corrected chi connectivity index (χ4v) is 2.91. The molecular weight excluding hydrogens is 260 g/mol. The van der Waals surface area contributed by atoms with Crippen LogP contribution in [-0.2, 0) is 0 Å². The zero-order valence-corrected chi connectivity index (χ0v) is 11.1. The van der Waals surface area contributed by atoms with E-state index >= 15 is 0 Å². The summed E-state index contributed by atoms with van der Waals surface area (Å²) in [6.07, 6.45) is 2.59. The topological polar surface area (TPSA) is 74.7 Å². The molecule has 0 aliphatic rings. The van der Waals surface area contributed by atoms with Crippen molar-refractivity contribution in [2.45, 2.75) is 22.9 Å². The molecular formula is C13H12N4OS. The predicted octanol–water partition coefficient (Wildman–Crippen LogP) is 2.56. The van der Waals surface area contributed by atoms with Gasteiger partial charge in [-0.3, -0.25) is 0 Å². The lowest BCUT2D eigenvalue weighted by Gasteiger charge is -2.10. The molecule has 0 unspecified atom stereocenters. The van der Waals surface area contributed by atoms with E-state index in [1.54, 1.807) is 13.3 Å². The Labute approximate surface area is 114 Å². The molecule has 96 valence electrons. The molecule has 6 heteroatoms. The Morgan fingerprint density at radius 1 is 1.21 bits per heavy atom. The van der Waals surface area contributed by atoms with E-state index in [0.29, 0.717) is 5.65 Å². The Balaban J connectivity index is 2.04. The van der Waals surface area contributed by atoms with E-state index in [4.69, 9.17) is 0 Å². The molecule has 0 radical (unpaired) electrons. The van der Waals surface area contributed by atoms with Gasteiger partial charge in [-0.05, 0) is 18.6 Å². The third kappa shape index (κ3) is 2.32. The predicted molar refractivity (Wildman–Crippen MR) is 72.9 cm³/mol.